The Morgan fingerprint density at radius 1 is 1.17 bits per heavy atom. The van der Waals surface area contributed by atoms with Gasteiger partial charge in [-0.15, -0.1) is 0 Å². The summed E-state index contributed by atoms with van der Waals surface area (Å²) >= 11 is 0. The van der Waals surface area contributed by atoms with Gasteiger partial charge in [-0.05, 0) is 11.3 Å². The minimum Gasteiger partial charge on any atom is -0.466 e. The number of carbonyl (C=O) groups excluding carboxylic acids is 2. The normalized spacial score (nSPS) is 15.0. The Morgan fingerprint density at radius 3 is 2.11 bits per heavy atom. The maximum absolute atomic E-state index is 11.3. The standard InChI is InChI=1S/C13H23NO4/c1-9(7-8-10(15)17-5)11(13(2,3)4)14-12(16)18-6/h7-9,11H,1-6H3,(H,14,16)/b8-7+/t9-,11+/m1/s1. The van der Waals surface area contributed by atoms with Gasteiger partial charge in [-0.3, -0.25) is 0 Å². The molecule has 0 aliphatic heterocycles. The number of ether oxygens (including phenoxy) is 2. The van der Waals surface area contributed by atoms with E-state index in [1.807, 2.05) is 27.7 Å². The van der Waals surface area contributed by atoms with Crippen LogP contribution in [0.5, 0.6) is 0 Å². The molecular weight excluding hydrogens is 234 g/mol. The van der Waals surface area contributed by atoms with Gasteiger partial charge in [-0.25, -0.2) is 9.59 Å². The van der Waals surface area contributed by atoms with E-state index in [1.165, 1.54) is 20.3 Å². The van der Waals surface area contributed by atoms with Crippen molar-refractivity contribution in [2.24, 2.45) is 11.3 Å². The predicted octanol–water partition coefficient (Wildman–Crippen LogP) is 2.12. The third kappa shape index (κ3) is 5.70. The number of alkyl carbamates (subject to hydrolysis) is 1. The highest BCUT2D eigenvalue weighted by Gasteiger charge is 2.30. The van der Waals surface area contributed by atoms with Crippen LogP contribution in [0.1, 0.15) is 27.7 Å². The zero-order chi connectivity index (χ0) is 14.3. The summed E-state index contributed by atoms with van der Waals surface area (Å²) in [6.45, 7) is 7.95. The maximum atomic E-state index is 11.3. The summed E-state index contributed by atoms with van der Waals surface area (Å²) in [5.41, 5.74) is -0.159. The molecule has 0 radical (unpaired) electrons. The van der Waals surface area contributed by atoms with E-state index in [0.717, 1.165) is 0 Å². The molecule has 5 nitrogen and oxygen atoms in total. The fraction of sp³-hybridized carbons (Fsp3) is 0.692. The van der Waals surface area contributed by atoms with Crippen molar-refractivity contribution >= 4 is 12.1 Å². The van der Waals surface area contributed by atoms with Gasteiger partial charge in [-0.1, -0.05) is 33.8 Å². The van der Waals surface area contributed by atoms with E-state index in [-0.39, 0.29) is 17.4 Å². The van der Waals surface area contributed by atoms with E-state index < -0.39 is 12.1 Å². The molecule has 5 heteroatoms. The lowest BCUT2D eigenvalue weighted by atomic mass is 9.79. The van der Waals surface area contributed by atoms with Gasteiger partial charge in [0.15, 0.2) is 0 Å². The highest BCUT2D eigenvalue weighted by atomic mass is 16.5. The second-order valence-electron chi connectivity index (χ2n) is 5.22. The van der Waals surface area contributed by atoms with Crippen molar-refractivity contribution in [3.05, 3.63) is 12.2 Å². The summed E-state index contributed by atoms with van der Waals surface area (Å²) in [4.78, 5) is 22.4. The predicted molar refractivity (Wildman–Crippen MR) is 69.1 cm³/mol. The van der Waals surface area contributed by atoms with Crippen LogP contribution in [-0.4, -0.2) is 32.3 Å². The molecule has 0 saturated heterocycles. The van der Waals surface area contributed by atoms with Crippen molar-refractivity contribution in [2.75, 3.05) is 14.2 Å². The van der Waals surface area contributed by atoms with Crippen LogP contribution in [0.2, 0.25) is 0 Å². The first-order valence-electron chi connectivity index (χ1n) is 5.83. The molecule has 0 aliphatic rings. The van der Waals surface area contributed by atoms with Crippen LogP contribution in [0.15, 0.2) is 12.2 Å². The lowest BCUT2D eigenvalue weighted by Crippen LogP contribution is -2.47. The largest absolute Gasteiger partial charge is 0.466 e. The Balaban J connectivity index is 4.81. The SMILES string of the molecule is COC(=O)/C=C/[C@@H](C)[C@H](NC(=O)OC)C(C)(C)C. The molecule has 0 bridgehead atoms. The summed E-state index contributed by atoms with van der Waals surface area (Å²) in [5, 5.41) is 2.78. The molecule has 2 atom stereocenters. The molecule has 104 valence electrons. The van der Waals surface area contributed by atoms with Gasteiger partial charge < -0.3 is 14.8 Å². The Bertz CT molecular complexity index is 317. The molecule has 18 heavy (non-hydrogen) atoms. The van der Waals surface area contributed by atoms with Crippen LogP contribution in [0, 0.1) is 11.3 Å². The number of rotatable bonds is 4. The number of methoxy groups -OCH3 is 2. The molecule has 0 spiro atoms. The minimum atomic E-state index is -0.478. The number of hydrogen-bond acceptors (Lipinski definition) is 4. The van der Waals surface area contributed by atoms with E-state index in [1.54, 1.807) is 6.08 Å². The lowest BCUT2D eigenvalue weighted by molar-refractivity contribution is -0.134. The van der Waals surface area contributed by atoms with Crippen molar-refractivity contribution in [3.8, 4) is 0 Å². The average Bonchev–Trinajstić information content (AvgIpc) is 2.30. The first kappa shape index (κ1) is 16.5. The number of esters is 1. The van der Waals surface area contributed by atoms with E-state index in [9.17, 15) is 9.59 Å². The molecule has 0 saturated carbocycles. The van der Waals surface area contributed by atoms with Gasteiger partial charge in [0.1, 0.15) is 0 Å². The summed E-state index contributed by atoms with van der Waals surface area (Å²) in [6.07, 6.45) is 2.60. The quantitative estimate of drug-likeness (QED) is 0.619. The molecule has 1 amide bonds. The average molecular weight is 257 g/mol. The highest BCUT2D eigenvalue weighted by Crippen LogP contribution is 2.26. The van der Waals surface area contributed by atoms with Gasteiger partial charge in [-0.2, -0.15) is 0 Å². The topological polar surface area (TPSA) is 64.6 Å². The molecule has 0 unspecified atom stereocenters. The van der Waals surface area contributed by atoms with Crippen molar-refractivity contribution in [2.45, 2.75) is 33.7 Å². The fourth-order valence-corrected chi connectivity index (χ4v) is 1.73. The van der Waals surface area contributed by atoms with Crippen LogP contribution >= 0.6 is 0 Å². The van der Waals surface area contributed by atoms with Crippen LogP contribution in [0.3, 0.4) is 0 Å². The number of amides is 1. The van der Waals surface area contributed by atoms with Gasteiger partial charge in [0.25, 0.3) is 0 Å². The van der Waals surface area contributed by atoms with E-state index >= 15 is 0 Å². The fourth-order valence-electron chi connectivity index (χ4n) is 1.73. The van der Waals surface area contributed by atoms with Crippen LogP contribution < -0.4 is 5.32 Å². The zero-order valence-electron chi connectivity index (χ0n) is 11.9. The van der Waals surface area contributed by atoms with Crippen LogP contribution in [0.25, 0.3) is 0 Å². The third-order valence-corrected chi connectivity index (χ3v) is 2.65. The molecule has 0 aromatic heterocycles. The van der Waals surface area contributed by atoms with Gasteiger partial charge in [0.05, 0.1) is 14.2 Å². The van der Waals surface area contributed by atoms with E-state index in [2.05, 4.69) is 14.8 Å². The smallest absolute Gasteiger partial charge is 0.407 e. The molecule has 0 aromatic carbocycles. The Morgan fingerprint density at radius 2 is 1.72 bits per heavy atom. The molecule has 0 aromatic rings. The van der Waals surface area contributed by atoms with Gasteiger partial charge in [0, 0.05) is 12.1 Å². The second-order valence-corrected chi connectivity index (χ2v) is 5.22. The van der Waals surface area contributed by atoms with Crippen molar-refractivity contribution < 1.29 is 19.1 Å². The summed E-state index contributed by atoms with van der Waals surface area (Å²) in [5.74, 6) is -0.434. The molecule has 0 rings (SSSR count). The monoisotopic (exact) mass is 257 g/mol. The Labute approximate surface area is 109 Å². The second kappa shape index (κ2) is 7.03. The summed E-state index contributed by atoms with van der Waals surface area (Å²) < 4.78 is 9.14. The molecule has 0 aliphatic carbocycles. The number of hydrogen-bond donors (Lipinski definition) is 1. The van der Waals surface area contributed by atoms with Gasteiger partial charge in [0.2, 0.25) is 0 Å². The maximum Gasteiger partial charge on any atom is 0.407 e. The van der Waals surface area contributed by atoms with Gasteiger partial charge >= 0.3 is 12.1 Å². The summed E-state index contributed by atoms with van der Waals surface area (Å²) in [6, 6.07) is -0.147. The Kier molecular flexibility index (Phi) is 6.44. The summed E-state index contributed by atoms with van der Waals surface area (Å²) in [7, 11) is 2.65. The molecule has 0 heterocycles. The zero-order valence-corrected chi connectivity index (χ0v) is 11.9. The minimum absolute atomic E-state index is 0.0248. The Hall–Kier alpha value is -1.52. The first-order valence-corrected chi connectivity index (χ1v) is 5.83. The number of nitrogens with one attached hydrogen (secondary N) is 1. The van der Waals surface area contributed by atoms with E-state index in [0.29, 0.717) is 0 Å². The van der Waals surface area contributed by atoms with Crippen molar-refractivity contribution in [1.82, 2.24) is 5.32 Å². The molecule has 0 fully saturated rings. The van der Waals surface area contributed by atoms with E-state index in [4.69, 9.17) is 0 Å². The van der Waals surface area contributed by atoms with Crippen LogP contribution in [-0.2, 0) is 14.3 Å². The van der Waals surface area contributed by atoms with Crippen LogP contribution in [0.4, 0.5) is 4.79 Å². The van der Waals surface area contributed by atoms with Crippen molar-refractivity contribution in [3.63, 3.8) is 0 Å². The molecule has 1 N–H and O–H groups in total. The molecular formula is C13H23NO4. The lowest BCUT2D eigenvalue weighted by Gasteiger charge is -2.34. The first-order chi connectivity index (χ1) is 8.22. The highest BCUT2D eigenvalue weighted by molar-refractivity contribution is 5.81. The third-order valence-electron chi connectivity index (χ3n) is 2.65. The van der Waals surface area contributed by atoms with Crippen molar-refractivity contribution in [1.29, 1.82) is 0 Å². The number of carbonyl (C=O) groups is 2.